The van der Waals surface area contributed by atoms with Crippen molar-refractivity contribution < 1.29 is 9.53 Å². The summed E-state index contributed by atoms with van der Waals surface area (Å²) < 4.78 is 5.53. The third-order valence-electron chi connectivity index (χ3n) is 2.33. The minimum absolute atomic E-state index is 0.0929. The SMILES string of the molecule is CCN=C1COc2ccccc2C(=O)C1. The van der Waals surface area contributed by atoms with E-state index in [2.05, 4.69) is 4.99 Å². The highest BCUT2D eigenvalue weighted by Gasteiger charge is 2.19. The molecule has 1 heterocycles. The van der Waals surface area contributed by atoms with Crippen LogP contribution in [0.1, 0.15) is 23.7 Å². The van der Waals surface area contributed by atoms with Crippen LogP contribution in [0.3, 0.4) is 0 Å². The number of hydrogen-bond donors (Lipinski definition) is 0. The number of ketones is 1. The number of para-hydroxylation sites is 1. The third-order valence-corrected chi connectivity index (χ3v) is 2.33. The molecule has 0 aliphatic carbocycles. The van der Waals surface area contributed by atoms with Gasteiger partial charge in [-0.2, -0.15) is 0 Å². The van der Waals surface area contributed by atoms with Crippen LogP contribution in [0.15, 0.2) is 29.3 Å². The first-order chi connectivity index (χ1) is 7.31. The number of carbonyl (C=O) groups is 1. The van der Waals surface area contributed by atoms with Crippen molar-refractivity contribution >= 4 is 11.5 Å². The second-order valence-electron chi connectivity index (χ2n) is 3.43. The molecule has 0 fully saturated rings. The number of Topliss-reactive ketones (excluding diaryl/α,β-unsaturated/α-hetero) is 1. The van der Waals surface area contributed by atoms with Crippen LogP contribution >= 0.6 is 0 Å². The Hall–Kier alpha value is -1.64. The molecule has 0 amide bonds. The van der Waals surface area contributed by atoms with Gasteiger partial charge in [0.1, 0.15) is 12.4 Å². The first kappa shape index (κ1) is 9.90. The molecule has 0 bridgehead atoms. The lowest BCUT2D eigenvalue weighted by Crippen LogP contribution is -2.11. The quantitative estimate of drug-likeness (QED) is 0.701. The molecule has 0 unspecified atom stereocenters. The lowest BCUT2D eigenvalue weighted by molar-refractivity contribution is 0.100. The van der Waals surface area contributed by atoms with Crippen molar-refractivity contribution in [2.45, 2.75) is 13.3 Å². The van der Waals surface area contributed by atoms with Crippen molar-refractivity contribution in [3.8, 4) is 5.75 Å². The van der Waals surface area contributed by atoms with Crippen molar-refractivity contribution in [1.29, 1.82) is 0 Å². The Morgan fingerprint density at radius 2 is 2.20 bits per heavy atom. The summed E-state index contributed by atoms with van der Waals surface area (Å²) in [4.78, 5) is 16.1. The van der Waals surface area contributed by atoms with Gasteiger partial charge in [-0.05, 0) is 19.1 Å². The van der Waals surface area contributed by atoms with Crippen molar-refractivity contribution in [2.75, 3.05) is 13.2 Å². The van der Waals surface area contributed by atoms with Gasteiger partial charge >= 0.3 is 0 Å². The van der Waals surface area contributed by atoms with E-state index in [1.807, 2.05) is 25.1 Å². The zero-order chi connectivity index (χ0) is 10.7. The molecule has 2 rings (SSSR count). The molecule has 0 saturated carbocycles. The van der Waals surface area contributed by atoms with Crippen LogP contribution in [0, 0.1) is 0 Å². The van der Waals surface area contributed by atoms with Crippen molar-refractivity contribution in [3.05, 3.63) is 29.8 Å². The molecular formula is C12H13NO2. The molecule has 78 valence electrons. The van der Waals surface area contributed by atoms with E-state index in [-0.39, 0.29) is 5.78 Å². The van der Waals surface area contributed by atoms with E-state index in [9.17, 15) is 4.79 Å². The molecule has 1 aliphatic heterocycles. The molecule has 0 aromatic heterocycles. The average Bonchev–Trinajstić information content (AvgIpc) is 2.40. The molecule has 1 aliphatic rings. The molecule has 0 radical (unpaired) electrons. The molecule has 3 nitrogen and oxygen atoms in total. The Morgan fingerprint density at radius 3 is 3.00 bits per heavy atom. The molecule has 1 aromatic carbocycles. The van der Waals surface area contributed by atoms with Gasteiger partial charge in [0.2, 0.25) is 0 Å². The third kappa shape index (κ3) is 2.06. The summed E-state index contributed by atoms with van der Waals surface area (Å²) in [7, 11) is 0. The normalized spacial score (nSPS) is 18.2. The predicted molar refractivity (Wildman–Crippen MR) is 58.9 cm³/mol. The van der Waals surface area contributed by atoms with E-state index in [4.69, 9.17) is 4.74 Å². The zero-order valence-electron chi connectivity index (χ0n) is 8.69. The number of nitrogens with zero attached hydrogens (tertiary/aromatic N) is 1. The number of ether oxygens (including phenoxy) is 1. The molecular weight excluding hydrogens is 190 g/mol. The van der Waals surface area contributed by atoms with Gasteiger partial charge in [0.05, 0.1) is 17.7 Å². The molecule has 0 spiro atoms. The van der Waals surface area contributed by atoms with Gasteiger partial charge < -0.3 is 4.74 Å². The fourth-order valence-corrected chi connectivity index (χ4v) is 1.64. The van der Waals surface area contributed by atoms with Crippen LogP contribution in [-0.4, -0.2) is 24.6 Å². The summed E-state index contributed by atoms with van der Waals surface area (Å²) in [5.41, 5.74) is 1.50. The maximum atomic E-state index is 11.8. The van der Waals surface area contributed by atoms with E-state index in [0.29, 0.717) is 30.9 Å². The highest BCUT2D eigenvalue weighted by atomic mass is 16.5. The minimum Gasteiger partial charge on any atom is -0.487 e. The van der Waals surface area contributed by atoms with Crippen LogP contribution in [0.4, 0.5) is 0 Å². The monoisotopic (exact) mass is 203 g/mol. The standard InChI is InChI=1S/C12H13NO2/c1-2-13-9-7-11(14)10-5-3-4-6-12(10)15-8-9/h3-6H,2,7-8H2,1H3. The van der Waals surface area contributed by atoms with E-state index in [1.54, 1.807) is 6.07 Å². The maximum absolute atomic E-state index is 11.8. The highest BCUT2D eigenvalue weighted by molar-refractivity contribution is 6.12. The van der Waals surface area contributed by atoms with E-state index >= 15 is 0 Å². The van der Waals surface area contributed by atoms with Crippen molar-refractivity contribution in [2.24, 2.45) is 4.99 Å². The lowest BCUT2D eigenvalue weighted by Gasteiger charge is -2.04. The fourth-order valence-electron chi connectivity index (χ4n) is 1.64. The Bertz CT molecular complexity index is 410. The largest absolute Gasteiger partial charge is 0.487 e. The zero-order valence-corrected chi connectivity index (χ0v) is 8.69. The lowest BCUT2D eigenvalue weighted by atomic mass is 10.1. The topological polar surface area (TPSA) is 38.7 Å². The van der Waals surface area contributed by atoms with Crippen LogP contribution in [-0.2, 0) is 0 Å². The van der Waals surface area contributed by atoms with Gasteiger partial charge in [-0.25, -0.2) is 0 Å². The summed E-state index contributed by atoms with van der Waals surface area (Å²) in [5, 5.41) is 0. The van der Waals surface area contributed by atoms with Crippen LogP contribution in [0.25, 0.3) is 0 Å². The van der Waals surface area contributed by atoms with Crippen molar-refractivity contribution in [1.82, 2.24) is 0 Å². The van der Waals surface area contributed by atoms with Gasteiger partial charge in [-0.1, -0.05) is 12.1 Å². The van der Waals surface area contributed by atoms with Crippen LogP contribution in [0.5, 0.6) is 5.75 Å². The molecule has 0 atom stereocenters. The smallest absolute Gasteiger partial charge is 0.172 e. The Morgan fingerprint density at radius 1 is 1.40 bits per heavy atom. The maximum Gasteiger partial charge on any atom is 0.172 e. The summed E-state index contributed by atoms with van der Waals surface area (Å²) in [6.07, 6.45) is 0.380. The summed E-state index contributed by atoms with van der Waals surface area (Å²) in [6, 6.07) is 7.34. The molecule has 3 heteroatoms. The Labute approximate surface area is 88.8 Å². The minimum atomic E-state index is 0.0929. The van der Waals surface area contributed by atoms with Crippen molar-refractivity contribution in [3.63, 3.8) is 0 Å². The number of carbonyl (C=O) groups excluding carboxylic acids is 1. The van der Waals surface area contributed by atoms with Gasteiger partial charge in [-0.15, -0.1) is 0 Å². The number of aliphatic imine (C=N–C) groups is 1. The fraction of sp³-hybridized carbons (Fsp3) is 0.333. The second-order valence-corrected chi connectivity index (χ2v) is 3.43. The van der Waals surface area contributed by atoms with Gasteiger partial charge in [-0.3, -0.25) is 9.79 Å². The molecule has 0 N–H and O–H groups in total. The average molecular weight is 203 g/mol. The first-order valence-corrected chi connectivity index (χ1v) is 5.08. The number of benzene rings is 1. The van der Waals surface area contributed by atoms with Gasteiger partial charge in [0.25, 0.3) is 0 Å². The molecule has 1 aromatic rings. The van der Waals surface area contributed by atoms with E-state index < -0.39 is 0 Å². The van der Waals surface area contributed by atoms with Gasteiger partial charge in [0.15, 0.2) is 5.78 Å². The number of hydrogen-bond acceptors (Lipinski definition) is 3. The van der Waals surface area contributed by atoms with Gasteiger partial charge in [0, 0.05) is 6.54 Å². The summed E-state index contributed by atoms with van der Waals surface area (Å²) in [5.74, 6) is 0.763. The first-order valence-electron chi connectivity index (χ1n) is 5.08. The number of fused-ring (bicyclic) bond motifs is 1. The Balaban J connectivity index is 2.32. The highest BCUT2D eigenvalue weighted by Crippen LogP contribution is 2.22. The van der Waals surface area contributed by atoms with Crippen LogP contribution < -0.4 is 4.74 Å². The summed E-state index contributed by atoms with van der Waals surface area (Å²) >= 11 is 0. The number of rotatable bonds is 1. The second kappa shape index (κ2) is 4.26. The molecule has 0 saturated heterocycles. The molecule has 15 heavy (non-hydrogen) atoms. The van der Waals surface area contributed by atoms with E-state index in [0.717, 1.165) is 5.71 Å². The Kier molecular flexibility index (Phi) is 2.81. The van der Waals surface area contributed by atoms with Crippen LogP contribution in [0.2, 0.25) is 0 Å². The van der Waals surface area contributed by atoms with E-state index in [1.165, 1.54) is 0 Å². The summed E-state index contributed by atoms with van der Waals surface area (Å²) in [6.45, 7) is 3.08. The predicted octanol–water partition coefficient (Wildman–Crippen LogP) is 2.11.